The molecule has 0 bridgehead atoms. The fourth-order valence-corrected chi connectivity index (χ4v) is 2.10. The van der Waals surface area contributed by atoms with Crippen LogP contribution in [-0.2, 0) is 4.74 Å². The van der Waals surface area contributed by atoms with Crippen LogP contribution in [0, 0.1) is 0 Å². The van der Waals surface area contributed by atoms with Gasteiger partial charge in [0, 0.05) is 32.2 Å². The zero-order chi connectivity index (χ0) is 11.1. The van der Waals surface area contributed by atoms with E-state index >= 15 is 0 Å². The van der Waals surface area contributed by atoms with Crippen LogP contribution >= 0.6 is 0 Å². The number of nitrogens with zero attached hydrogens (tertiary/aromatic N) is 2. The molecule has 1 atom stereocenters. The van der Waals surface area contributed by atoms with E-state index in [0.29, 0.717) is 12.6 Å². The van der Waals surface area contributed by atoms with E-state index in [-0.39, 0.29) is 6.61 Å². The van der Waals surface area contributed by atoms with E-state index in [0.717, 1.165) is 39.3 Å². The molecule has 0 aliphatic carbocycles. The minimum absolute atomic E-state index is 0.125. The molecule has 1 N–H and O–H groups in total. The predicted molar refractivity (Wildman–Crippen MR) is 61.1 cm³/mol. The summed E-state index contributed by atoms with van der Waals surface area (Å²) in [6.45, 7) is 11.4. The normalized spacial score (nSPS) is 24.6. The van der Waals surface area contributed by atoms with Crippen LogP contribution in [0.1, 0.15) is 13.8 Å². The van der Waals surface area contributed by atoms with Crippen LogP contribution in [0.3, 0.4) is 0 Å². The molecule has 1 rings (SSSR count). The number of hydrogen-bond donors (Lipinski definition) is 1. The van der Waals surface area contributed by atoms with Crippen LogP contribution in [0.5, 0.6) is 0 Å². The van der Waals surface area contributed by atoms with Crippen molar-refractivity contribution in [2.45, 2.75) is 19.9 Å². The first-order valence-electron chi connectivity index (χ1n) is 5.93. The first kappa shape index (κ1) is 12.9. The summed E-state index contributed by atoms with van der Waals surface area (Å²) in [5.74, 6) is 0. The third-order valence-electron chi connectivity index (χ3n) is 3.04. The fourth-order valence-electron chi connectivity index (χ4n) is 2.10. The minimum Gasteiger partial charge on any atom is -0.394 e. The Hall–Kier alpha value is -0.160. The number of piperazine rings is 1. The van der Waals surface area contributed by atoms with Crippen LogP contribution in [-0.4, -0.2) is 73.5 Å². The van der Waals surface area contributed by atoms with E-state index in [9.17, 15) is 0 Å². The van der Waals surface area contributed by atoms with E-state index < -0.39 is 0 Å². The van der Waals surface area contributed by atoms with Crippen molar-refractivity contribution in [2.75, 3.05) is 52.5 Å². The minimum atomic E-state index is 0.125. The summed E-state index contributed by atoms with van der Waals surface area (Å²) in [6.07, 6.45) is 0. The summed E-state index contributed by atoms with van der Waals surface area (Å²) in [5.41, 5.74) is 0. The maximum atomic E-state index is 8.57. The number of aliphatic hydroxyl groups excluding tert-OH is 1. The average molecular weight is 216 g/mol. The number of rotatable bonds is 6. The number of hydrogen-bond acceptors (Lipinski definition) is 4. The smallest absolute Gasteiger partial charge is 0.0698 e. The van der Waals surface area contributed by atoms with Crippen molar-refractivity contribution in [3.63, 3.8) is 0 Å². The third-order valence-corrected chi connectivity index (χ3v) is 3.04. The second kappa shape index (κ2) is 7.17. The summed E-state index contributed by atoms with van der Waals surface area (Å²) >= 11 is 0. The molecule has 0 saturated carbocycles. The van der Waals surface area contributed by atoms with E-state index in [4.69, 9.17) is 9.84 Å². The van der Waals surface area contributed by atoms with Gasteiger partial charge in [0.15, 0.2) is 0 Å². The Morgan fingerprint density at radius 2 is 2.13 bits per heavy atom. The Kier molecular flexibility index (Phi) is 6.17. The lowest BCUT2D eigenvalue weighted by molar-refractivity contribution is 0.0428. The molecule has 0 aromatic rings. The second-order valence-electron chi connectivity index (χ2n) is 4.11. The van der Waals surface area contributed by atoms with Gasteiger partial charge in [0.25, 0.3) is 0 Å². The van der Waals surface area contributed by atoms with Gasteiger partial charge in [0.1, 0.15) is 0 Å². The Morgan fingerprint density at radius 3 is 2.73 bits per heavy atom. The molecule has 0 spiro atoms. The standard InChI is InChI=1S/C11H24N2O2/c1-3-13-5-4-12(10-11(13)2)6-8-15-9-7-14/h11,14H,3-10H2,1-2H3. The molecule has 1 heterocycles. The Labute approximate surface area is 92.8 Å². The third kappa shape index (κ3) is 4.47. The van der Waals surface area contributed by atoms with Crippen LogP contribution in [0.25, 0.3) is 0 Å². The maximum Gasteiger partial charge on any atom is 0.0698 e. The molecular formula is C11H24N2O2. The largest absolute Gasteiger partial charge is 0.394 e. The van der Waals surface area contributed by atoms with Crippen molar-refractivity contribution in [2.24, 2.45) is 0 Å². The fraction of sp³-hybridized carbons (Fsp3) is 1.00. The summed E-state index contributed by atoms with van der Waals surface area (Å²) in [4.78, 5) is 4.94. The van der Waals surface area contributed by atoms with Gasteiger partial charge in [-0.05, 0) is 13.5 Å². The lowest BCUT2D eigenvalue weighted by Gasteiger charge is -2.39. The lowest BCUT2D eigenvalue weighted by atomic mass is 10.2. The van der Waals surface area contributed by atoms with Crippen LogP contribution in [0.15, 0.2) is 0 Å². The number of likely N-dealkylation sites (N-methyl/N-ethyl adjacent to an activating group) is 1. The molecule has 90 valence electrons. The van der Waals surface area contributed by atoms with Gasteiger partial charge in [0.05, 0.1) is 19.8 Å². The lowest BCUT2D eigenvalue weighted by Crippen LogP contribution is -2.52. The zero-order valence-corrected chi connectivity index (χ0v) is 9.98. The number of aliphatic hydroxyl groups is 1. The first-order valence-corrected chi connectivity index (χ1v) is 5.93. The Balaban J connectivity index is 2.11. The van der Waals surface area contributed by atoms with Crippen LogP contribution < -0.4 is 0 Å². The predicted octanol–water partition coefficient (Wildman–Crippen LogP) is 0.0213. The summed E-state index contributed by atoms with van der Waals surface area (Å²) in [6, 6.07) is 0.654. The van der Waals surface area contributed by atoms with Gasteiger partial charge in [-0.2, -0.15) is 0 Å². The highest BCUT2D eigenvalue weighted by Gasteiger charge is 2.21. The highest BCUT2D eigenvalue weighted by atomic mass is 16.5. The van der Waals surface area contributed by atoms with E-state index in [1.807, 2.05) is 0 Å². The SMILES string of the molecule is CCN1CCN(CCOCCO)CC1C. The molecule has 1 aliphatic heterocycles. The monoisotopic (exact) mass is 216 g/mol. The van der Waals surface area contributed by atoms with Crippen molar-refractivity contribution in [1.82, 2.24) is 9.80 Å². The van der Waals surface area contributed by atoms with Crippen molar-refractivity contribution in [3.05, 3.63) is 0 Å². The molecule has 4 heteroatoms. The van der Waals surface area contributed by atoms with Gasteiger partial charge in [0.2, 0.25) is 0 Å². The highest BCUT2D eigenvalue weighted by molar-refractivity contribution is 4.77. The van der Waals surface area contributed by atoms with Crippen molar-refractivity contribution < 1.29 is 9.84 Å². The van der Waals surface area contributed by atoms with Gasteiger partial charge >= 0.3 is 0 Å². The van der Waals surface area contributed by atoms with Crippen molar-refractivity contribution >= 4 is 0 Å². The van der Waals surface area contributed by atoms with Gasteiger partial charge in [-0.15, -0.1) is 0 Å². The molecule has 0 amide bonds. The molecule has 1 aliphatic rings. The highest BCUT2D eigenvalue weighted by Crippen LogP contribution is 2.08. The topological polar surface area (TPSA) is 35.9 Å². The summed E-state index contributed by atoms with van der Waals surface area (Å²) < 4.78 is 5.27. The average Bonchev–Trinajstić information content (AvgIpc) is 2.25. The Morgan fingerprint density at radius 1 is 1.33 bits per heavy atom. The molecular weight excluding hydrogens is 192 g/mol. The van der Waals surface area contributed by atoms with E-state index in [2.05, 4.69) is 23.6 Å². The van der Waals surface area contributed by atoms with Gasteiger partial charge < -0.3 is 9.84 Å². The Bertz CT molecular complexity index is 167. The maximum absolute atomic E-state index is 8.57. The first-order chi connectivity index (χ1) is 7.27. The van der Waals surface area contributed by atoms with E-state index in [1.54, 1.807) is 0 Å². The van der Waals surface area contributed by atoms with Gasteiger partial charge in [-0.25, -0.2) is 0 Å². The van der Waals surface area contributed by atoms with Gasteiger partial charge in [-0.3, -0.25) is 9.80 Å². The molecule has 1 fully saturated rings. The quantitative estimate of drug-likeness (QED) is 0.635. The molecule has 0 radical (unpaired) electrons. The zero-order valence-electron chi connectivity index (χ0n) is 9.98. The number of ether oxygens (including phenoxy) is 1. The summed E-state index contributed by atoms with van der Waals surface area (Å²) in [7, 11) is 0. The molecule has 4 nitrogen and oxygen atoms in total. The molecule has 1 unspecified atom stereocenters. The van der Waals surface area contributed by atoms with Crippen LogP contribution in [0.4, 0.5) is 0 Å². The van der Waals surface area contributed by atoms with Gasteiger partial charge in [-0.1, -0.05) is 6.92 Å². The van der Waals surface area contributed by atoms with Crippen LogP contribution in [0.2, 0.25) is 0 Å². The van der Waals surface area contributed by atoms with Crippen molar-refractivity contribution in [3.8, 4) is 0 Å². The molecule has 1 saturated heterocycles. The summed E-state index contributed by atoms with van der Waals surface area (Å²) in [5, 5.41) is 8.57. The van der Waals surface area contributed by atoms with Crippen molar-refractivity contribution in [1.29, 1.82) is 0 Å². The molecule has 0 aromatic carbocycles. The molecule has 15 heavy (non-hydrogen) atoms. The second-order valence-corrected chi connectivity index (χ2v) is 4.11. The molecule has 0 aromatic heterocycles. The van der Waals surface area contributed by atoms with E-state index in [1.165, 1.54) is 0 Å².